The second-order valence-electron chi connectivity index (χ2n) is 3.35. The number of rotatable bonds is 2. The Balaban J connectivity index is -0.000000145. The number of carbonyl (C=O) groups is 2. The molecule has 0 saturated carbocycles. The van der Waals surface area contributed by atoms with Crippen molar-refractivity contribution in [3.63, 3.8) is 0 Å². The molecular weight excluding hydrogens is 383 g/mol. The van der Waals surface area contributed by atoms with Crippen molar-refractivity contribution in [2.45, 2.75) is 0 Å². The van der Waals surface area contributed by atoms with Crippen LogP contribution in [0.15, 0.2) is 36.7 Å². The summed E-state index contributed by atoms with van der Waals surface area (Å²) in [6.07, 6.45) is 2.62. The molecule has 139 valence electrons. The first-order valence-corrected chi connectivity index (χ1v) is 5.93. The van der Waals surface area contributed by atoms with Gasteiger partial charge < -0.3 is 36.9 Å². The monoisotopic (exact) mass is 399 g/mol. The molecule has 0 amide bonds. The summed E-state index contributed by atoms with van der Waals surface area (Å²) in [5, 5.41) is 34.4. The first-order chi connectivity index (χ1) is 10.4. The first-order valence-electron chi connectivity index (χ1n) is 5.36. The molecule has 0 radical (unpaired) electrons. The van der Waals surface area contributed by atoms with Gasteiger partial charge in [-0.25, -0.2) is 19.6 Å². The zero-order chi connectivity index (χ0) is 17.1. The summed E-state index contributed by atoms with van der Waals surface area (Å²) in [5.41, 5.74) is -0.634. The maximum atomic E-state index is 10.2. The van der Waals surface area contributed by atoms with E-state index >= 15 is 0 Å². The Morgan fingerprint density at radius 1 is 0.760 bits per heavy atom. The Labute approximate surface area is 149 Å². The fourth-order valence-electron chi connectivity index (χ4n) is 1.12. The average molecular weight is 399 g/mol. The van der Waals surface area contributed by atoms with E-state index in [0.717, 1.165) is 17.4 Å². The third-order valence-electron chi connectivity index (χ3n) is 1.98. The van der Waals surface area contributed by atoms with Crippen molar-refractivity contribution in [2.24, 2.45) is 0 Å². The van der Waals surface area contributed by atoms with Crippen LogP contribution in [0.4, 0.5) is 0 Å². The molecule has 2 aromatic heterocycles. The van der Waals surface area contributed by atoms with Gasteiger partial charge in [0, 0.05) is 12.4 Å². The zero-order valence-corrected chi connectivity index (χ0v) is 13.7. The Kier molecular flexibility index (Phi) is 19.2. The van der Waals surface area contributed by atoms with Crippen LogP contribution in [0.1, 0.15) is 21.0 Å². The van der Waals surface area contributed by atoms with E-state index in [1.807, 2.05) is 0 Å². The number of aromatic nitrogens is 2. The van der Waals surface area contributed by atoms with Crippen molar-refractivity contribution in [1.82, 2.24) is 9.97 Å². The Bertz CT molecular complexity index is 600. The second-order valence-corrected chi connectivity index (χ2v) is 3.35. The molecule has 12 nitrogen and oxygen atoms in total. The average Bonchev–Trinajstić information content (AvgIpc) is 2.50. The van der Waals surface area contributed by atoms with Gasteiger partial charge in [-0.3, -0.25) is 0 Å². The van der Waals surface area contributed by atoms with Crippen LogP contribution in [0.3, 0.4) is 0 Å². The molecule has 0 fully saturated rings. The van der Waals surface area contributed by atoms with E-state index in [9.17, 15) is 9.59 Å². The summed E-state index contributed by atoms with van der Waals surface area (Å²) in [7, 11) is 0. The van der Waals surface area contributed by atoms with Crippen LogP contribution in [0.5, 0.6) is 11.5 Å². The number of hydrogen-bond acceptors (Lipinski definition) is 7. The summed E-state index contributed by atoms with van der Waals surface area (Å²) in [6.45, 7) is 0. The Morgan fingerprint density at radius 3 is 1.20 bits per heavy atom. The number of carboxylic acids is 2. The van der Waals surface area contributed by atoms with Crippen molar-refractivity contribution in [3.8, 4) is 11.5 Å². The van der Waals surface area contributed by atoms with E-state index in [2.05, 4.69) is 9.97 Å². The molecule has 0 atom stereocenters. The first kappa shape index (κ1) is 30.0. The SMILES string of the molecule is O.O.O.O=C(O)c1ncccc1O.O=C(O)c1ncccc1O.[O]=[V]. The van der Waals surface area contributed by atoms with Gasteiger partial charge >= 0.3 is 33.0 Å². The topological polar surface area (TPSA) is 252 Å². The molecule has 0 unspecified atom stereocenters. The number of hydrogen-bond donors (Lipinski definition) is 4. The van der Waals surface area contributed by atoms with E-state index in [1.54, 1.807) is 0 Å². The predicted molar refractivity (Wildman–Crippen MR) is 77.3 cm³/mol. The minimum absolute atomic E-state index is 0. The van der Waals surface area contributed by atoms with Crippen molar-refractivity contribution >= 4 is 11.9 Å². The molecule has 2 rings (SSSR count). The molecular formula is C12H16N2O10V. The van der Waals surface area contributed by atoms with Crippen LogP contribution < -0.4 is 0 Å². The number of nitrogens with zero attached hydrogens (tertiary/aromatic N) is 2. The second kappa shape index (κ2) is 16.0. The third kappa shape index (κ3) is 10.5. The molecule has 0 aliphatic rings. The van der Waals surface area contributed by atoms with Gasteiger partial charge in [-0.15, -0.1) is 0 Å². The van der Waals surface area contributed by atoms with Gasteiger partial charge in [-0.1, -0.05) is 0 Å². The number of aromatic carboxylic acids is 2. The third-order valence-corrected chi connectivity index (χ3v) is 1.98. The van der Waals surface area contributed by atoms with Crippen molar-refractivity contribution in [2.75, 3.05) is 0 Å². The van der Waals surface area contributed by atoms with Gasteiger partial charge in [-0.2, -0.15) is 0 Å². The standard InChI is InChI=1S/2C6H5NO3.3H2O.O.V/c2*8-4-2-1-3-7-5(4)6(9)10;;;;;/h2*1-3,8H,(H,9,10);3*1H2;;. The maximum absolute atomic E-state index is 10.2. The molecule has 13 heteroatoms. The summed E-state index contributed by atoms with van der Waals surface area (Å²) in [4.78, 5) is 27.3. The van der Waals surface area contributed by atoms with Gasteiger partial charge in [0.15, 0.2) is 11.4 Å². The Morgan fingerprint density at radius 2 is 1.04 bits per heavy atom. The van der Waals surface area contributed by atoms with Crippen molar-refractivity contribution in [3.05, 3.63) is 48.0 Å². The van der Waals surface area contributed by atoms with Crippen LogP contribution in [-0.4, -0.2) is 58.8 Å². The van der Waals surface area contributed by atoms with E-state index in [-0.39, 0.29) is 39.3 Å². The quantitative estimate of drug-likeness (QED) is 0.451. The van der Waals surface area contributed by atoms with Crippen LogP contribution in [0.2, 0.25) is 0 Å². The molecule has 0 aliphatic heterocycles. The molecule has 2 heterocycles. The van der Waals surface area contributed by atoms with Crippen LogP contribution in [-0.2, 0) is 21.0 Å². The van der Waals surface area contributed by atoms with Gasteiger partial charge in [-0.05, 0) is 24.3 Å². The van der Waals surface area contributed by atoms with E-state index in [4.69, 9.17) is 24.1 Å². The minimum atomic E-state index is -1.22. The molecule has 0 saturated heterocycles. The van der Waals surface area contributed by atoms with Crippen molar-refractivity contribution < 1.29 is 67.5 Å². The van der Waals surface area contributed by atoms with E-state index in [0.29, 0.717) is 0 Å². The molecule has 10 N–H and O–H groups in total. The number of carboxylic acid groups (broad SMARTS) is 2. The van der Waals surface area contributed by atoms with Crippen molar-refractivity contribution in [1.29, 1.82) is 0 Å². The molecule has 0 aliphatic carbocycles. The Hall–Kier alpha value is -2.90. The van der Waals surface area contributed by atoms with Gasteiger partial charge in [0.1, 0.15) is 11.5 Å². The number of pyridine rings is 2. The van der Waals surface area contributed by atoms with Gasteiger partial charge in [0.2, 0.25) is 0 Å². The summed E-state index contributed by atoms with van der Waals surface area (Å²) in [5.74, 6) is -3.07. The van der Waals surface area contributed by atoms with Crippen LogP contribution in [0, 0.1) is 0 Å². The van der Waals surface area contributed by atoms with Gasteiger partial charge in [0.25, 0.3) is 0 Å². The normalized spacial score (nSPS) is 7.48. The number of aromatic hydroxyl groups is 2. The van der Waals surface area contributed by atoms with Gasteiger partial charge in [0.05, 0.1) is 0 Å². The van der Waals surface area contributed by atoms with Crippen LogP contribution >= 0.6 is 0 Å². The fraction of sp³-hybridized carbons (Fsp3) is 0. The summed E-state index contributed by atoms with van der Waals surface area (Å²) >= 11 is 1.06. The molecule has 0 spiro atoms. The van der Waals surface area contributed by atoms with E-state index in [1.165, 1.54) is 36.7 Å². The molecule has 0 bridgehead atoms. The molecule has 25 heavy (non-hydrogen) atoms. The predicted octanol–water partition coefficient (Wildman–Crippen LogP) is -1.62. The summed E-state index contributed by atoms with van der Waals surface area (Å²) < 4.78 is 8.19. The molecule has 0 aromatic carbocycles. The van der Waals surface area contributed by atoms with Crippen LogP contribution in [0.25, 0.3) is 0 Å². The molecule has 2 aromatic rings. The summed E-state index contributed by atoms with van der Waals surface area (Å²) in [6, 6.07) is 5.47. The van der Waals surface area contributed by atoms with E-state index < -0.39 is 11.9 Å². The fourth-order valence-corrected chi connectivity index (χ4v) is 1.12. The zero-order valence-electron chi connectivity index (χ0n) is 12.3.